The fraction of sp³-hybridized carbons (Fsp3) is 0.515. The fourth-order valence-corrected chi connectivity index (χ4v) is 6.11. The molecule has 0 N–H and O–H groups in total. The SMILES string of the molecule is C/C=C/C1CCC(c2ccc(COC(F)(F)Cc3ccc(C4CCC(/C=C/C)CC4)cc3)cc2)CC1. The zero-order valence-electron chi connectivity index (χ0n) is 22.0. The van der Waals surface area contributed by atoms with Gasteiger partial charge in [0.05, 0.1) is 13.0 Å². The predicted molar refractivity (Wildman–Crippen MR) is 145 cm³/mol. The van der Waals surface area contributed by atoms with E-state index in [9.17, 15) is 8.78 Å². The van der Waals surface area contributed by atoms with Crippen LogP contribution in [0, 0.1) is 11.8 Å². The Kier molecular flexibility index (Phi) is 9.53. The maximum Gasteiger partial charge on any atom is 0.360 e. The number of allylic oxidation sites excluding steroid dienone is 4. The summed E-state index contributed by atoms with van der Waals surface area (Å²) >= 11 is 0. The lowest BCUT2D eigenvalue weighted by atomic mass is 9.78. The Labute approximate surface area is 216 Å². The minimum atomic E-state index is -3.18. The summed E-state index contributed by atoms with van der Waals surface area (Å²) in [5.41, 5.74) is 4.01. The van der Waals surface area contributed by atoms with Crippen LogP contribution in [0.4, 0.5) is 8.78 Å². The predicted octanol–water partition coefficient (Wildman–Crippen LogP) is 9.74. The van der Waals surface area contributed by atoms with E-state index in [0.29, 0.717) is 29.2 Å². The minimum absolute atomic E-state index is 0.0746. The van der Waals surface area contributed by atoms with Crippen molar-refractivity contribution in [2.45, 2.75) is 96.2 Å². The molecule has 4 rings (SSSR count). The largest absolute Gasteiger partial charge is 0.360 e. The molecule has 0 saturated heterocycles. The van der Waals surface area contributed by atoms with Crippen molar-refractivity contribution in [1.82, 2.24) is 0 Å². The molecular weight excluding hydrogens is 450 g/mol. The molecule has 2 aliphatic carbocycles. The van der Waals surface area contributed by atoms with Crippen LogP contribution in [0.1, 0.15) is 99.3 Å². The average Bonchev–Trinajstić information content (AvgIpc) is 2.90. The average molecular weight is 493 g/mol. The van der Waals surface area contributed by atoms with E-state index in [1.165, 1.54) is 62.5 Å². The number of alkyl halides is 2. The van der Waals surface area contributed by atoms with Crippen molar-refractivity contribution in [2.75, 3.05) is 0 Å². The maximum absolute atomic E-state index is 14.6. The van der Waals surface area contributed by atoms with E-state index in [0.717, 1.165) is 5.56 Å². The van der Waals surface area contributed by atoms with E-state index in [-0.39, 0.29) is 6.61 Å². The number of hydrogen-bond acceptors (Lipinski definition) is 1. The van der Waals surface area contributed by atoms with E-state index in [1.807, 2.05) is 36.4 Å². The highest BCUT2D eigenvalue weighted by Crippen LogP contribution is 2.38. The highest BCUT2D eigenvalue weighted by Gasteiger charge is 2.31. The second kappa shape index (κ2) is 12.8. The molecule has 0 unspecified atom stereocenters. The molecule has 2 aromatic rings. The van der Waals surface area contributed by atoms with Gasteiger partial charge in [-0.2, -0.15) is 8.78 Å². The normalized spacial score (nSPS) is 25.6. The van der Waals surface area contributed by atoms with E-state index < -0.39 is 12.5 Å². The third-order valence-electron chi connectivity index (χ3n) is 8.24. The van der Waals surface area contributed by atoms with Gasteiger partial charge in [-0.15, -0.1) is 0 Å². The summed E-state index contributed by atoms with van der Waals surface area (Å²) in [4.78, 5) is 0. The first-order valence-corrected chi connectivity index (χ1v) is 13.9. The van der Waals surface area contributed by atoms with Gasteiger partial charge < -0.3 is 4.74 Å². The van der Waals surface area contributed by atoms with Crippen LogP contribution in [0.25, 0.3) is 0 Å². The second-order valence-corrected chi connectivity index (χ2v) is 10.9. The molecule has 1 nitrogen and oxygen atoms in total. The van der Waals surface area contributed by atoms with Crippen LogP contribution >= 0.6 is 0 Å². The highest BCUT2D eigenvalue weighted by molar-refractivity contribution is 5.27. The number of halogens is 2. The Bertz CT molecular complexity index is 973. The molecular formula is C33H42F2O. The summed E-state index contributed by atoms with van der Waals surface area (Å²) in [5.74, 6) is 2.53. The minimum Gasteiger partial charge on any atom is -0.315 e. The number of hydrogen-bond donors (Lipinski definition) is 0. The first kappa shape index (κ1) is 26.8. The topological polar surface area (TPSA) is 9.23 Å². The Morgan fingerprint density at radius 1 is 0.667 bits per heavy atom. The van der Waals surface area contributed by atoms with Gasteiger partial charge in [-0.3, -0.25) is 0 Å². The standard InChI is InChI=1S/C33H42F2O/c1-3-5-25-7-15-29(16-8-25)31-19-11-27(12-20-31)23-33(34,35)36-24-28-13-21-32(22-14-28)30-17-9-26(6-4-2)10-18-30/h3-6,11-14,19-22,25-26,29-30H,7-10,15-18,23-24H2,1-2H3/b5-3+,6-4+. The van der Waals surface area contributed by atoms with Gasteiger partial charge in [-0.05, 0) is 111 Å². The number of ether oxygens (including phenoxy) is 1. The van der Waals surface area contributed by atoms with Crippen molar-refractivity contribution >= 4 is 0 Å². The van der Waals surface area contributed by atoms with E-state index >= 15 is 0 Å². The molecule has 2 aromatic carbocycles. The molecule has 0 aromatic heterocycles. The van der Waals surface area contributed by atoms with Gasteiger partial charge in [0.15, 0.2) is 0 Å². The van der Waals surface area contributed by atoms with Gasteiger partial charge in [0.1, 0.15) is 0 Å². The number of rotatable bonds is 9. The summed E-state index contributed by atoms with van der Waals surface area (Å²) in [6.07, 6.45) is 15.0. The van der Waals surface area contributed by atoms with E-state index in [4.69, 9.17) is 4.74 Å². The molecule has 0 atom stereocenters. The van der Waals surface area contributed by atoms with Crippen LogP contribution < -0.4 is 0 Å². The Balaban J connectivity index is 1.24. The Morgan fingerprint density at radius 3 is 1.50 bits per heavy atom. The number of benzene rings is 2. The summed E-state index contributed by atoms with van der Waals surface area (Å²) < 4.78 is 34.3. The molecule has 3 heteroatoms. The van der Waals surface area contributed by atoms with Gasteiger partial charge in [-0.1, -0.05) is 72.8 Å². The third kappa shape index (κ3) is 7.62. The highest BCUT2D eigenvalue weighted by atomic mass is 19.3. The van der Waals surface area contributed by atoms with Crippen molar-refractivity contribution in [1.29, 1.82) is 0 Å². The Morgan fingerprint density at radius 2 is 1.08 bits per heavy atom. The zero-order chi connectivity index (χ0) is 25.4. The molecule has 0 heterocycles. The lowest BCUT2D eigenvalue weighted by Crippen LogP contribution is -2.23. The van der Waals surface area contributed by atoms with Crippen molar-refractivity contribution < 1.29 is 13.5 Å². The van der Waals surface area contributed by atoms with Gasteiger partial charge in [0.2, 0.25) is 0 Å². The van der Waals surface area contributed by atoms with E-state index in [2.05, 4.69) is 50.3 Å². The van der Waals surface area contributed by atoms with Crippen LogP contribution in [-0.4, -0.2) is 6.11 Å². The van der Waals surface area contributed by atoms with Crippen LogP contribution in [0.5, 0.6) is 0 Å². The summed E-state index contributed by atoms with van der Waals surface area (Å²) in [6.45, 7) is 4.10. The van der Waals surface area contributed by atoms with Gasteiger partial charge in [0, 0.05) is 0 Å². The molecule has 0 aliphatic heterocycles. The lowest BCUT2D eigenvalue weighted by Gasteiger charge is -2.27. The first-order chi connectivity index (χ1) is 17.5. The second-order valence-electron chi connectivity index (χ2n) is 10.9. The third-order valence-corrected chi connectivity index (χ3v) is 8.24. The molecule has 0 radical (unpaired) electrons. The molecule has 36 heavy (non-hydrogen) atoms. The quantitative estimate of drug-likeness (QED) is 0.317. The smallest absolute Gasteiger partial charge is 0.315 e. The first-order valence-electron chi connectivity index (χ1n) is 13.9. The van der Waals surface area contributed by atoms with Crippen molar-refractivity contribution in [3.8, 4) is 0 Å². The van der Waals surface area contributed by atoms with Crippen LogP contribution in [0.2, 0.25) is 0 Å². The summed E-state index contributed by atoms with van der Waals surface area (Å²) in [6, 6.07) is 15.9. The van der Waals surface area contributed by atoms with Crippen molar-refractivity contribution in [3.05, 3.63) is 95.1 Å². The van der Waals surface area contributed by atoms with Crippen LogP contribution in [-0.2, 0) is 17.8 Å². The fourth-order valence-electron chi connectivity index (χ4n) is 6.11. The lowest BCUT2D eigenvalue weighted by molar-refractivity contribution is -0.244. The molecule has 0 spiro atoms. The zero-order valence-corrected chi connectivity index (χ0v) is 22.0. The summed E-state index contributed by atoms with van der Waals surface area (Å²) in [7, 11) is 0. The molecule has 2 aliphatic rings. The van der Waals surface area contributed by atoms with Gasteiger partial charge >= 0.3 is 6.11 Å². The molecule has 2 fully saturated rings. The van der Waals surface area contributed by atoms with Crippen molar-refractivity contribution in [2.24, 2.45) is 11.8 Å². The molecule has 2 saturated carbocycles. The van der Waals surface area contributed by atoms with Gasteiger partial charge in [-0.25, -0.2) is 0 Å². The van der Waals surface area contributed by atoms with Crippen LogP contribution in [0.3, 0.4) is 0 Å². The molecule has 0 amide bonds. The molecule has 0 bridgehead atoms. The molecule has 194 valence electrons. The summed E-state index contributed by atoms with van der Waals surface area (Å²) in [5, 5.41) is 0. The monoisotopic (exact) mass is 492 g/mol. The van der Waals surface area contributed by atoms with Crippen LogP contribution in [0.15, 0.2) is 72.8 Å². The van der Waals surface area contributed by atoms with Gasteiger partial charge in [0.25, 0.3) is 0 Å². The maximum atomic E-state index is 14.6. The van der Waals surface area contributed by atoms with Crippen molar-refractivity contribution in [3.63, 3.8) is 0 Å². The Hall–Kier alpha value is -2.26. The van der Waals surface area contributed by atoms with E-state index in [1.54, 1.807) is 0 Å².